The zero-order chi connectivity index (χ0) is 27.8. The van der Waals surface area contributed by atoms with Gasteiger partial charge < -0.3 is 20.9 Å². The number of aromatic nitrogens is 1. The van der Waals surface area contributed by atoms with Crippen molar-refractivity contribution in [3.63, 3.8) is 0 Å². The van der Waals surface area contributed by atoms with Crippen LogP contribution in [0.15, 0.2) is 42.0 Å². The predicted molar refractivity (Wildman–Crippen MR) is 162 cm³/mol. The molecule has 1 aromatic heterocycles. The first-order chi connectivity index (χ1) is 19.0. The number of hydrogen-bond donors (Lipinski definition) is 3. The lowest BCUT2D eigenvalue weighted by Crippen LogP contribution is -2.11. The third kappa shape index (κ3) is 6.81. The molecule has 6 nitrogen and oxygen atoms in total. The first-order valence-electron chi connectivity index (χ1n) is 14.2. The number of carbonyl (C=O) groups excluding carboxylic acids is 2. The number of nitrogens with one attached hydrogen (secondary N) is 2. The SMILES string of the molecule is CNCCCCCNC.NC(=O)c1ccc2c(C3CCCCC3)c3n(c2c1)CC(C=O)=Cc1ccc(Cl)cc1-3. The summed E-state index contributed by atoms with van der Waals surface area (Å²) < 4.78 is 2.17. The molecule has 1 fully saturated rings. The van der Waals surface area contributed by atoms with E-state index in [1.807, 2.05) is 56.6 Å². The summed E-state index contributed by atoms with van der Waals surface area (Å²) in [6.45, 7) is 2.77. The van der Waals surface area contributed by atoms with Gasteiger partial charge in [-0.3, -0.25) is 9.59 Å². The fourth-order valence-corrected chi connectivity index (χ4v) is 6.10. The number of halogens is 1. The van der Waals surface area contributed by atoms with Crippen LogP contribution in [-0.2, 0) is 11.3 Å². The number of nitrogens with zero attached hydrogens (tertiary/aromatic N) is 1. The van der Waals surface area contributed by atoms with Crippen molar-refractivity contribution >= 4 is 40.8 Å². The number of hydrogen-bond acceptors (Lipinski definition) is 4. The summed E-state index contributed by atoms with van der Waals surface area (Å²) in [6, 6.07) is 11.5. The number of rotatable bonds is 9. The molecule has 0 atom stereocenters. The van der Waals surface area contributed by atoms with Gasteiger partial charge in [-0.05, 0) is 100 Å². The number of primary amides is 1. The normalized spacial score (nSPS) is 15.0. The number of fused-ring (bicyclic) bond motifs is 5. The van der Waals surface area contributed by atoms with Gasteiger partial charge in [0, 0.05) is 32.6 Å². The standard InChI is InChI=1S/C25H23ClN2O2.C7H18N2/c26-19-8-6-17-10-15(14-29)13-28-22-11-18(25(27)30)7-9-20(22)23(24(28)21(17)12-19)16-4-2-1-3-5-16;1-8-6-4-3-5-7-9-2/h6-12,14,16H,1-5,13H2,(H2,27,30);8-9H,3-7H2,1-2H3. The molecule has 39 heavy (non-hydrogen) atoms. The number of allylic oxidation sites excluding steroid dienone is 1. The highest BCUT2D eigenvalue weighted by Crippen LogP contribution is 2.46. The van der Waals surface area contributed by atoms with Crippen molar-refractivity contribution in [3.8, 4) is 11.3 Å². The molecule has 3 aromatic rings. The molecule has 0 spiro atoms. The van der Waals surface area contributed by atoms with Gasteiger partial charge >= 0.3 is 0 Å². The Balaban J connectivity index is 0.000000340. The second kappa shape index (κ2) is 13.9. The lowest BCUT2D eigenvalue weighted by molar-refractivity contribution is -0.105. The van der Waals surface area contributed by atoms with Gasteiger partial charge in [0.05, 0.1) is 12.2 Å². The molecule has 4 N–H and O–H groups in total. The smallest absolute Gasteiger partial charge is 0.248 e. The average molecular weight is 549 g/mol. The van der Waals surface area contributed by atoms with E-state index in [1.165, 1.54) is 44.1 Å². The van der Waals surface area contributed by atoms with Crippen molar-refractivity contribution in [2.45, 2.75) is 63.8 Å². The molecule has 7 heteroatoms. The predicted octanol–water partition coefficient (Wildman–Crippen LogP) is 6.30. The van der Waals surface area contributed by atoms with E-state index in [4.69, 9.17) is 17.3 Å². The second-order valence-corrected chi connectivity index (χ2v) is 11.1. The van der Waals surface area contributed by atoms with Crippen LogP contribution < -0.4 is 16.4 Å². The minimum Gasteiger partial charge on any atom is -0.366 e. The van der Waals surface area contributed by atoms with E-state index in [2.05, 4.69) is 15.2 Å². The van der Waals surface area contributed by atoms with E-state index in [0.29, 0.717) is 28.6 Å². The van der Waals surface area contributed by atoms with Crippen molar-refractivity contribution in [2.75, 3.05) is 27.2 Å². The molecule has 0 bridgehead atoms. The van der Waals surface area contributed by atoms with E-state index < -0.39 is 5.91 Å². The van der Waals surface area contributed by atoms with Gasteiger partial charge in [-0.15, -0.1) is 0 Å². The van der Waals surface area contributed by atoms with Crippen LogP contribution in [0.25, 0.3) is 28.2 Å². The highest BCUT2D eigenvalue weighted by Gasteiger charge is 2.29. The van der Waals surface area contributed by atoms with E-state index in [-0.39, 0.29) is 0 Å². The number of amides is 1. The molecule has 1 amide bonds. The van der Waals surface area contributed by atoms with Crippen LogP contribution >= 0.6 is 11.6 Å². The van der Waals surface area contributed by atoms with E-state index >= 15 is 0 Å². The minimum absolute atomic E-state index is 0.446. The van der Waals surface area contributed by atoms with E-state index in [9.17, 15) is 9.59 Å². The first kappa shape index (κ1) is 29.1. The van der Waals surface area contributed by atoms with Crippen LogP contribution in [0.5, 0.6) is 0 Å². The molecule has 0 unspecified atom stereocenters. The van der Waals surface area contributed by atoms with Gasteiger partial charge in [-0.25, -0.2) is 0 Å². The van der Waals surface area contributed by atoms with Gasteiger partial charge in [0.25, 0.3) is 0 Å². The first-order valence-corrected chi connectivity index (χ1v) is 14.6. The average Bonchev–Trinajstić information content (AvgIpc) is 3.17. The van der Waals surface area contributed by atoms with Gasteiger partial charge in [-0.2, -0.15) is 0 Å². The summed E-state index contributed by atoms with van der Waals surface area (Å²) in [7, 11) is 4.00. The maximum Gasteiger partial charge on any atom is 0.248 e. The van der Waals surface area contributed by atoms with Crippen molar-refractivity contribution in [3.05, 3.63) is 63.7 Å². The summed E-state index contributed by atoms with van der Waals surface area (Å²) in [5, 5.41) is 8.05. The monoisotopic (exact) mass is 548 g/mol. The molecule has 1 aliphatic carbocycles. The molecular formula is C32H41ClN4O2. The van der Waals surface area contributed by atoms with Crippen molar-refractivity contribution in [1.29, 1.82) is 0 Å². The Morgan fingerprint density at radius 3 is 2.38 bits per heavy atom. The lowest BCUT2D eigenvalue weighted by Gasteiger charge is -2.24. The lowest BCUT2D eigenvalue weighted by atomic mass is 9.81. The van der Waals surface area contributed by atoms with Gasteiger partial charge in [0.1, 0.15) is 6.29 Å². The fourth-order valence-electron chi connectivity index (χ4n) is 5.93. The van der Waals surface area contributed by atoms with Crippen LogP contribution in [0.4, 0.5) is 0 Å². The molecule has 0 radical (unpaired) electrons. The van der Waals surface area contributed by atoms with Crippen LogP contribution in [-0.4, -0.2) is 43.9 Å². The quantitative estimate of drug-likeness (QED) is 0.216. The molecule has 2 aromatic carbocycles. The molecule has 2 heterocycles. The summed E-state index contributed by atoms with van der Waals surface area (Å²) in [5.41, 5.74) is 12.1. The van der Waals surface area contributed by atoms with Crippen molar-refractivity contribution in [2.24, 2.45) is 5.73 Å². The topological polar surface area (TPSA) is 89.2 Å². The molecule has 1 aliphatic heterocycles. The van der Waals surface area contributed by atoms with Crippen molar-refractivity contribution < 1.29 is 9.59 Å². The van der Waals surface area contributed by atoms with Crippen LogP contribution in [0.3, 0.4) is 0 Å². The molecule has 2 aliphatic rings. The van der Waals surface area contributed by atoms with E-state index in [0.717, 1.165) is 59.9 Å². The minimum atomic E-state index is -0.449. The van der Waals surface area contributed by atoms with Crippen LogP contribution in [0.1, 0.15) is 78.8 Å². The summed E-state index contributed by atoms with van der Waals surface area (Å²) in [6.07, 6.45) is 12.8. The maximum absolute atomic E-state index is 11.9. The van der Waals surface area contributed by atoms with Crippen LogP contribution in [0, 0.1) is 0 Å². The third-order valence-electron chi connectivity index (χ3n) is 7.86. The number of carbonyl (C=O) groups is 2. The number of benzene rings is 2. The Labute approximate surface area is 237 Å². The van der Waals surface area contributed by atoms with Gasteiger partial charge in [0.2, 0.25) is 5.91 Å². The summed E-state index contributed by atoms with van der Waals surface area (Å²) in [5.74, 6) is -0.00331. The molecule has 5 rings (SSSR count). The van der Waals surface area contributed by atoms with Gasteiger partial charge in [-0.1, -0.05) is 49.4 Å². The zero-order valence-electron chi connectivity index (χ0n) is 23.2. The molecule has 1 saturated carbocycles. The van der Waals surface area contributed by atoms with Crippen LogP contribution in [0.2, 0.25) is 5.02 Å². The Hall–Kier alpha value is -2.93. The zero-order valence-corrected chi connectivity index (χ0v) is 23.9. The highest BCUT2D eigenvalue weighted by atomic mass is 35.5. The molecule has 208 valence electrons. The van der Waals surface area contributed by atoms with Gasteiger partial charge in [0.15, 0.2) is 0 Å². The summed E-state index contributed by atoms with van der Waals surface area (Å²) >= 11 is 6.41. The third-order valence-corrected chi connectivity index (χ3v) is 8.09. The Morgan fingerprint density at radius 2 is 1.74 bits per heavy atom. The fraction of sp³-hybridized carbons (Fsp3) is 0.438. The maximum atomic E-state index is 11.9. The Morgan fingerprint density at radius 1 is 1.03 bits per heavy atom. The molecule has 0 saturated heterocycles. The number of nitrogens with two attached hydrogens (primary N) is 1. The van der Waals surface area contributed by atoms with Crippen molar-refractivity contribution in [1.82, 2.24) is 15.2 Å². The number of unbranched alkanes of at least 4 members (excludes halogenated alkanes) is 2. The van der Waals surface area contributed by atoms with E-state index in [1.54, 1.807) is 0 Å². The Bertz CT molecular complexity index is 1330. The molecular weight excluding hydrogens is 508 g/mol. The largest absolute Gasteiger partial charge is 0.366 e. The second-order valence-electron chi connectivity index (χ2n) is 10.6. The Kier molecular flexibility index (Phi) is 10.4. The number of aldehydes is 1. The highest BCUT2D eigenvalue weighted by molar-refractivity contribution is 6.31. The summed E-state index contributed by atoms with van der Waals surface area (Å²) in [4.78, 5) is 23.7.